The van der Waals surface area contributed by atoms with Crippen molar-refractivity contribution in [1.29, 1.82) is 0 Å². The van der Waals surface area contributed by atoms with Crippen LogP contribution >= 0.6 is 12.4 Å². The lowest BCUT2D eigenvalue weighted by Crippen LogP contribution is -2.45. The van der Waals surface area contributed by atoms with E-state index in [0.29, 0.717) is 18.4 Å². The normalized spacial score (nSPS) is 24.3. The minimum absolute atomic E-state index is 0. The van der Waals surface area contributed by atoms with E-state index in [9.17, 15) is 4.79 Å². The lowest BCUT2D eigenvalue weighted by molar-refractivity contribution is -0.123. The van der Waals surface area contributed by atoms with Crippen molar-refractivity contribution in [3.63, 3.8) is 0 Å². The molecule has 2 aliphatic rings. The third-order valence-electron chi connectivity index (χ3n) is 5.04. The zero-order valence-corrected chi connectivity index (χ0v) is 16.9. The first-order valence-electron chi connectivity index (χ1n) is 9.48. The molecule has 7 nitrogen and oxygen atoms in total. The summed E-state index contributed by atoms with van der Waals surface area (Å²) in [5, 5.41) is 10.5. The van der Waals surface area contributed by atoms with Gasteiger partial charge in [-0.1, -0.05) is 25.9 Å². The van der Waals surface area contributed by atoms with Gasteiger partial charge in [-0.3, -0.25) is 9.69 Å². The number of halogens is 1. The zero-order valence-electron chi connectivity index (χ0n) is 16.1. The first-order chi connectivity index (χ1) is 11.9. The van der Waals surface area contributed by atoms with Crippen LogP contribution in [0.5, 0.6) is 0 Å². The molecule has 2 atom stereocenters. The molecule has 1 amide bonds. The first-order valence-corrected chi connectivity index (χ1v) is 9.48. The maximum Gasteiger partial charge on any atom is 0.240 e. The molecule has 8 heteroatoms. The molecule has 0 aromatic carbocycles. The molecule has 1 aromatic heterocycles. The largest absolute Gasteiger partial charge is 0.354 e. The minimum atomic E-state index is -0.0925. The molecule has 0 bridgehead atoms. The smallest absolute Gasteiger partial charge is 0.240 e. The van der Waals surface area contributed by atoms with Crippen molar-refractivity contribution in [2.45, 2.75) is 64.5 Å². The molecule has 3 rings (SSSR count). The summed E-state index contributed by atoms with van der Waals surface area (Å²) in [5.41, 5.74) is -0.0925. The SMILES string of the molecule is CC(C)(C)c1noc(CN2CCCC(CNC(=O)C3CCCN3)C2)n1.Cl. The number of aromatic nitrogens is 2. The molecular weight excluding hydrogens is 354 g/mol. The van der Waals surface area contributed by atoms with Gasteiger partial charge in [0.15, 0.2) is 5.82 Å². The molecule has 0 saturated carbocycles. The number of carbonyl (C=O) groups is 1. The fourth-order valence-corrected chi connectivity index (χ4v) is 3.55. The summed E-state index contributed by atoms with van der Waals surface area (Å²) < 4.78 is 5.41. The third-order valence-corrected chi connectivity index (χ3v) is 5.04. The van der Waals surface area contributed by atoms with E-state index in [4.69, 9.17) is 4.52 Å². The topological polar surface area (TPSA) is 83.3 Å². The third kappa shape index (κ3) is 5.66. The molecule has 2 saturated heterocycles. The van der Waals surface area contributed by atoms with Gasteiger partial charge in [0.2, 0.25) is 11.8 Å². The molecule has 1 aromatic rings. The molecule has 148 valence electrons. The number of piperidine rings is 1. The van der Waals surface area contributed by atoms with Gasteiger partial charge in [0, 0.05) is 18.5 Å². The van der Waals surface area contributed by atoms with E-state index in [2.05, 4.69) is 46.4 Å². The summed E-state index contributed by atoms with van der Waals surface area (Å²) in [5.74, 6) is 2.09. The Labute approximate surface area is 162 Å². The molecule has 26 heavy (non-hydrogen) atoms. The number of amides is 1. The van der Waals surface area contributed by atoms with Crippen molar-refractivity contribution in [2.24, 2.45) is 5.92 Å². The van der Waals surface area contributed by atoms with Crippen LogP contribution in [0.1, 0.15) is 58.2 Å². The number of likely N-dealkylation sites (tertiary alicyclic amines) is 1. The summed E-state index contributed by atoms with van der Waals surface area (Å²) in [6, 6.07) is 0.00825. The van der Waals surface area contributed by atoms with Crippen LogP contribution in [0.3, 0.4) is 0 Å². The molecule has 0 aliphatic carbocycles. The second-order valence-electron chi connectivity index (χ2n) is 8.40. The second-order valence-corrected chi connectivity index (χ2v) is 8.40. The lowest BCUT2D eigenvalue weighted by Gasteiger charge is -2.32. The van der Waals surface area contributed by atoms with Crippen LogP contribution in [0.2, 0.25) is 0 Å². The number of rotatable bonds is 5. The van der Waals surface area contributed by atoms with Crippen LogP contribution in [-0.4, -0.2) is 53.2 Å². The van der Waals surface area contributed by atoms with Gasteiger partial charge in [0.05, 0.1) is 12.6 Å². The molecular formula is C18H32ClN5O2. The average Bonchev–Trinajstić information content (AvgIpc) is 3.24. The van der Waals surface area contributed by atoms with Crippen LogP contribution in [0, 0.1) is 5.92 Å². The molecule has 2 N–H and O–H groups in total. The number of hydrogen-bond donors (Lipinski definition) is 2. The molecule has 3 heterocycles. The van der Waals surface area contributed by atoms with E-state index < -0.39 is 0 Å². The van der Waals surface area contributed by atoms with E-state index in [1.165, 1.54) is 0 Å². The zero-order chi connectivity index (χ0) is 17.9. The summed E-state index contributed by atoms with van der Waals surface area (Å²) in [6.07, 6.45) is 4.35. The highest BCUT2D eigenvalue weighted by atomic mass is 35.5. The Hall–Kier alpha value is -1.18. The van der Waals surface area contributed by atoms with Crippen molar-refractivity contribution in [1.82, 2.24) is 25.7 Å². The van der Waals surface area contributed by atoms with Gasteiger partial charge in [0.25, 0.3) is 0 Å². The average molecular weight is 386 g/mol. The van der Waals surface area contributed by atoms with Crippen molar-refractivity contribution in [3.8, 4) is 0 Å². The summed E-state index contributed by atoms with van der Waals surface area (Å²) >= 11 is 0. The van der Waals surface area contributed by atoms with Crippen molar-refractivity contribution < 1.29 is 9.32 Å². The van der Waals surface area contributed by atoms with Crippen molar-refractivity contribution in [3.05, 3.63) is 11.7 Å². The van der Waals surface area contributed by atoms with Gasteiger partial charge in [-0.25, -0.2) is 0 Å². The minimum Gasteiger partial charge on any atom is -0.354 e. The van der Waals surface area contributed by atoms with Gasteiger partial charge in [-0.2, -0.15) is 4.98 Å². The quantitative estimate of drug-likeness (QED) is 0.805. The molecule has 2 fully saturated rings. The Morgan fingerprint density at radius 3 is 2.81 bits per heavy atom. The number of hydrogen-bond acceptors (Lipinski definition) is 6. The summed E-state index contributed by atoms with van der Waals surface area (Å²) in [6.45, 7) is 10.7. The fourth-order valence-electron chi connectivity index (χ4n) is 3.55. The van der Waals surface area contributed by atoms with Gasteiger partial charge in [-0.05, 0) is 44.7 Å². The van der Waals surface area contributed by atoms with Gasteiger partial charge in [-0.15, -0.1) is 12.4 Å². The Morgan fingerprint density at radius 2 is 2.15 bits per heavy atom. The molecule has 2 unspecified atom stereocenters. The van der Waals surface area contributed by atoms with Crippen LogP contribution in [0.25, 0.3) is 0 Å². The van der Waals surface area contributed by atoms with E-state index in [0.717, 1.165) is 57.7 Å². The van der Waals surface area contributed by atoms with Crippen LogP contribution < -0.4 is 10.6 Å². The van der Waals surface area contributed by atoms with Crippen LogP contribution in [0.4, 0.5) is 0 Å². The van der Waals surface area contributed by atoms with E-state index in [1.807, 2.05) is 0 Å². The Balaban J connectivity index is 0.00000243. The fraction of sp³-hybridized carbons (Fsp3) is 0.833. The van der Waals surface area contributed by atoms with Gasteiger partial charge >= 0.3 is 0 Å². The van der Waals surface area contributed by atoms with E-state index in [-0.39, 0.29) is 29.8 Å². The van der Waals surface area contributed by atoms with Gasteiger partial charge in [0.1, 0.15) is 0 Å². The number of nitrogens with zero attached hydrogens (tertiary/aromatic N) is 3. The van der Waals surface area contributed by atoms with Crippen LogP contribution in [0.15, 0.2) is 4.52 Å². The lowest BCUT2D eigenvalue weighted by atomic mass is 9.96. The second kappa shape index (κ2) is 9.15. The highest BCUT2D eigenvalue weighted by Crippen LogP contribution is 2.21. The monoisotopic (exact) mass is 385 g/mol. The Kier molecular flexibility index (Phi) is 7.43. The maximum absolute atomic E-state index is 12.1. The maximum atomic E-state index is 12.1. The molecule has 0 spiro atoms. The highest BCUT2D eigenvalue weighted by Gasteiger charge is 2.26. The predicted molar refractivity (Wildman–Crippen MR) is 102 cm³/mol. The molecule has 2 aliphatic heterocycles. The van der Waals surface area contributed by atoms with Crippen LogP contribution in [-0.2, 0) is 16.8 Å². The van der Waals surface area contributed by atoms with Gasteiger partial charge < -0.3 is 15.2 Å². The van der Waals surface area contributed by atoms with Crippen molar-refractivity contribution >= 4 is 18.3 Å². The molecule has 0 radical (unpaired) electrons. The Morgan fingerprint density at radius 1 is 1.35 bits per heavy atom. The number of nitrogens with one attached hydrogen (secondary N) is 2. The highest BCUT2D eigenvalue weighted by molar-refractivity contribution is 5.85. The predicted octanol–water partition coefficient (Wildman–Crippen LogP) is 1.87. The van der Waals surface area contributed by atoms with E-state index in [1.54, 1.807) is 0 Å². The standard InChI is InChI=1S/C18H31N5O2.ClH/c1-18(2,3)17-21-15(25-22-17)12-23-9-5-6-13(11-23)10-20-16(24)14-7-4-8-19-14;/h13-14,19H,4-12H2,1-3H3,(H,20,24);1H. The van der Waals surface area contributed by atoms with E-state index >= 15 is 0 Å². The first kappa shape index (κ1) is 21.1. The number of carbonyl (C=O) groups excluding carboxylic acids is 1. The summed E-state index contributed by atoms with van der Waals surface area (Å²) in [4.78, 5) is 19.0. The Bertz CT molecular complexity index is 580. The summed E-state index contributed by atoms with van der Waals surface area (Å²) in [7, 11) is 0. The van der Waals surface area contributed by atoms with Crippen molar-refractivity contribution in [2.75, 3.05) is 26.2 Å².